The van der Waals surface area contributed by atoms with Crippen molar-refractivity contribution in [1.29, 1.82) is 0 Å². The van der Waals surface area contributed by atoms with Crippen molar-refractivity contribution >= 4 is 36.2 Å². The van der Waals surface area contributed by atoms with Crippen molar-refractivity contribution in [3.63, 3.8) is 0 Å². The molecule has 2 saturated heterocycles. The zero-order valence-electron chi connectivity index (χ0n) is 20.1. The van der Waals surface area contributed by atoms with Crippen LogP contribution in [0, 0.1) is 0 Å². The first-order valence-electron chi connectivity index (χ1n) is 11.1. The normalized spacial score (nSPS) is 20.9. The predicted molar refractivity (Wildman–Crippen MR) is 125 cm³/mol. The third kappa shape index (κ3) is 5.59. The summed E-state index contributed by atoms with van der Waals surface area (Å²) in [5.74, 6) is -0.230. The Morgan fingerprint density at radius 3 is 2.19 bits per heavy atom. The molecule has 0 atom stereocenters. The molecule has 1 aromatic rings. The summed E-state index contributed by atoms with van der Waals surface area (Å²) in [5, 5.41) is 3.38. The molecule has 0 radical (unpaired) electrons. The van der Waals surface area contributed by atoms with Gasteiger partial charge in [-0.15, -0.1) is 0 Å². The fourth-order valence-corrected chi connectivity index (χ4v) is 3.91. The smallest absolute Gasteiger partial charge is 0.444 e. The maximum absolute atomic E-state index is 12.8. The number of hydrogen-bond donors (Lipinski definition) is 1. The largest absolute Gasteiger partial charge is 0.494 e. The van der Waals surface area contributed by atoms with Gasteiger partial charge in [-0.3, -0.25) is 4.79 Å². The Balaban J connectivity index is 1.57. The number of nitrogens with one attached hydrogen (secondary N) is 1. The van der Waals surface area contributed by atoms with Crippen LogP contribution < -0.4 is 10.8 Å². The second-order valence-corrected chi connectivity index (χ2v) is 10.9. The van der Waals surface area contributed by atoms with E-state index in [0.717, 1.165) is 5.46 Å². The van der Waals surface area contributed by atoms with E-state index < -0.39 is 23.9 Å². The molecule has 9 heteroatoms. The van der Waals surface area contributed by atoms with Crippen molar-refractivity contribution in [2.75, 3.05) is 13.1 Å². The molecule has 0 unspecified atom stereocenters. The minimum atomic E-state index is -0.535. The molecule has 2 aliphatic rings. The molecule has 2 fully saturated rings. The van der Waals surface area contributed by atoms with Crippen LogP contribution in [0.25, 0.3) is 0 Å². The summed E-state index contributed by atoms with van der Waals surface area (Å²) >= 11 is 6.45. The molecule has 0 bridgehead atoms. The average Bonchev–Trinajstić information content (AvgIpc) is 2.88. The molecule has 2 amide bonds. The van der Waals surface area contributed by atoms with Gasteiger partial charge in [0.2, 0.25) is 0 Å². The molecule has 1 aromatic carbocycles. The molecule has 7 nitrogen and oxygen atoms in total. The Morgan fingerprint density at radius 2 is 1.69 bits per heavy atom. The highest BCUT2D eigenvalue weighted by Gasteiger charge is 2.51. The zero-order valence-corrected chi connectivity index (χ0v) is 20.8. The summed E-state index contributed by atoms with van der Waals surface area (Å²) in [5.41, 5.74) is -0.245. The van der Waals surface area contributed by atoms with Crippen molar-refractivity contribution in [3.05, 3.63) is 28.8 Å². The van der Waals surface area contributed by atoms with Crippen LogP contribution in [0.3, 0.4) is 0 Å². The third-order valence-electron chi connectivity index (χ3n) is 6.25. The minimum absolute atomic E-state index is 0.0278. The molecule has 0 aromatic heterocycles. The van der Waals surface area contributed by atoms with Crippen LogP contribution in [0.4, 0.5) is 4.79 Å². The van der Waals surface area contributed by atoms with E-state index in [4.69, 9.17) is 25.6 Å². The van der Waals surface area contributed by atoms with Crippen LogP contribution in [0.15, 0.2) is 18.2 Å². The molecule has 0 saturated carbocycles. The first-order valence-corrected chi connectivity index (χ1v) is 11.5. The van der Waals surface area contributed by atoms with E-state index in [0.29, 0.717) is 36.5 Å². The monoisotopic (exact) mass is 464 g/mol. The molecule has 2 aliphatic heterocycles. The van der Waals surface area contributed by atoms with Crippen molar-refractivity contribution in [3.8, 4) is 0 Å². The highest BCUT2D eigenvalue weighted by molar-refractivity contribution is 6.62. The number of rotatable bonds is 3. The lowest BCUT2D eigenvalue weighted by Gasteiger charge is -2.33. The van der Waals surface area contributed by atoms with E-state index in [2.05, 4.69) is 5.32 Å². The predicted octanol–water partition coefficient (Wildman–Crippen LogP) is 3.77. The van der Waals surface area contributed by atoms with Crippen LogP contribution in [0.5, 0.6) is 0 Å². The highest BCUT2D eigenvalue weighted by Crippen LogP contribution is 2.36. The van der Waals surface area contributed by atoms with Crippen molar-refractivity contribution < 1.29 is 23.6 Å². The Kier molecular flexibility index (Phi) is 6.90. The van der Waals surface area contributed by atoms with Crippen molar-refractivity contribution in [1.82, 2.24) is 10.2 Å². The SMILES string of the molecule is CC(C)(C)OC(=O)N1CCC(NC(=O)c2ccc(B3OC(C)(C)C(C)(C)O3)cc2Cl)CC1. The van der Waals surface area contributed by atoms with E-state index >= 15 is 0 Å². The Bertz CT molecular complexity index is 860. The molecular weight excluding hydrogens is 431 g/mol. The summed E-state index contributed by atoms with van der Waals surface area (Å²) in [6.45, 7) is 14.6. The van der Waals surface area contributed by atoms with Gasteiger partial charge in [-0.05, 0) is 78.9 Å². The summed E-state index contributed by atoms with van der Waals surface area (Å²) in [7, 11) is -0.535. The fraction of sp³-hybridized carbons (Fsp3) is 0.652. The van der Waals surface area contributed by atoms with Gasteiger partial charge in [0.1, 0.15) is 5.60 Å². The number of likely N-dealkylation sites (tertiary alicyclic amines) is 1. The van der Waals surface area contributed by atoms with Crippen molar-refractivity contribution in [2.24, 2.45) is 0 Å². The zero-order chi connectivity index (χ0) is 23.9. The number of piperidine rings is 1. The number of halogens is 1. The number of nitrogens with zero attached hydrogens (tertiary/aromatic N) is 1. The maximum atomic E-state index is 12.8. The van der Waals surface area contributed by atoms with Crippen LogP contribution in [-0.2, 0) is 14.0 Å². The van der Waals surface area contributed by atoms with Gasteiger partial charge < -0.3 is 24.3 Å². The minimum Gasteiger partial charge on any atom is -0.444 e. The van der Waals surface area contributed by atoms with E-state index in [1.165, 1.54) is 0 Å². The number of ether oxygens (including phenoxy) is 1. The van der Waals surface area contributed by atoms with Crippen LogP contribution >= 0.6 is 11.6 Å². The van der Waals surface area contributed by atoms with Crippen LogP contribution in [-0.4, -0.2) is 60.0 Å². The molecule has 0 spiro atoms. The van der Waals surface area contributed by atoms with Gasteiger partial charge in [0.25, 0.3) is 5.91 Å². The first-order chi connectivity index (χ1) is 14.7. The molecule has 176 valence electrons. The van der Waals surface area contributed by atoms with Gasteiger partial charge in [0.05, 0.1) is 21.8 Å². The quantitative estimate of drug-likeness (QED) is 0.689. The first kappa shape index (κ1) is 24.9. The maximum Gasteiger partial charge on any atom is 0.494 e. The average molecular weight is 465 g/mol. The highest BCUT2D eigenvalue weighted by atomic mass is 35.5. The molecule has 1 N–H and O–H groups in total. The van der Waals surface area contributed by atoms with Gasteiger partial charge >= 0.3 is 13.2 Å². The lowest BCUT2D eigenvalue weighted by atomic mass is 9.79. The molecule has 2 heterocycles. The van der Waals surface area contributed by atoms with Gasteiger partial charge in [-0.2, -0.15) is 0 Å². The summed E-state index contributed by atoms with van der Waals surface area (Å²) in [6.07, 6.45) is 1.01. The molecule has 32 heavy (non-hydrogen) atoms. The second kappa shape index (κ2) is 8.88. The van der Waals surface area contributed by atoms with Gasteiger partial charge in [-0.25, -0.2) is 4.79 Å². The summed E-state index contributed by atoms with van der Waals surface area (Å²) in [6, 6.07) is 5.21. The number of carbonyl (C=O) groups is 2. The fourth-order valence-electron chi connectivity index (χ4n) is 3.64. The Morgan fingerprint density at radius 1 is 1.12 bits per heavy atom. The van der Waals surface area contributed by atoms with Gasteiger partial charge in [0.15, 0.2) is 0 Å². The number of benzene rings is 1. The Hall–Kier alpha value is -1.77. The Labute approximate surface area is 196 Å². The van der Waals surface area contributed by atoms with E-state index in [1.807, 2.05) is 54.5 Å². The summed E-state index contributed by atoms with van der Waals surface area (Å²) < 4.78 is 17.5. The van der Waals surface area contributed by atoms with E-state index in [9.17, 15) is 9.59 Å². The topological polar surface area (TPSA) is 77.1 Å². The van der Waals surface area contributed by atoms with Gasteiger partial charge in [0, 0.05) is 19.1 Å². The second-order valence-electron chi connectivity index (χ2n) is 10.5. The summed E-state index contributed by atoms with van der Waals surface area (Å²) in [4.78, 5) is 26.7. The van der Waals surface area contributed by atoms with E-state index in [1.54, 1.807) is 17.0 Å². The lowest BCUT2D eigenvalue weighted by Crippen LogP contribution is -2.47. The number of hydrogen-bond acceptors (Lipinski definition) is 5. The molecule has 0 aliphatic carbocycles. The molecule has 3 rings (SSSR count). The van der Waals surface area contributed by atoms with Crippen LogP contribution in [0.2, 0.25) is 5.02 Å². The van der Waals surface area contributed by atoms with Crippen LogP contribution in [0.1, 0.15) is 71.7 Å². The van der Waals surface area contributed by atoms with E-state index in [-0.39, 0.29) is 18.0 Å². The standard InChI is InChI=1S/C23H34BClN2O5/c1-21(2,3)30-20(29)27-12-10-16(11-13-27)26-19(28)17-9-8-15(14-18(17)25)24-31-22(4,5)23(6,7)32-24/h8-9,14,16H,10-13H2,1-7H3,(H,26,28). The lowest BCUT2D eigenvalue weighted by molar-refractivity contribution is 0.00578. The third-order valence-corrected chi connectivity index (χ3v) is 6.56. The number of amides is 2. The molecular formula is C23H34BClN2O5. The van der Waals surface area contributed by atoms with Gasteiger partial charge in [-0.1, -0.05) is 17.7 Å². The van der Waals surface area contributed by atoms with Crippen molar-refractivity contribution in [2.45, 2.75) is 84.2 Å². The number of carbonyl (C=O) groups excluding carboxylic acids is 2.